The summed E-state index contributed by atoms with van der Waals surface area (Å²) < 4.78 is 21.5. The van der Waals surface area contributed by atoms with E-state index in [9.17, 15) is 28.8 Å². The Bertz CT molecular complexity index is 1240. The molecule has 16 nitrogen and oxygen atoms in total. The smallest absolute Gasteiger partial charge is 0.323 e. The maximum Gasteiger partial charge on any atom is 0.323 e. The van der Waals surface area contributed by atoms with E-state index in [-0.39, 0.29) is 26.1 Å². The van der Waals surface area contributed by atoms with E-state index < -0.39 is 62.0 Å². The van der Waals surface area contributed by atoms with Crippen LogP contribution in [0.3, 0.4) is 0 Å². The highest BCUT2D eigenvalue weighted by atomic mass is 16.6. The molecule has 0 radical (unpaired) electrons. The van der Waals surface area contributed by atoms with Crippen molar-refractivity contribution in [2.24, 2.45) is 0 Å². The third-order valence-corrected chi connectivity index (χ3v) is 6.91. The maximum absolute atomic E-state index is 11.9. The molecule has 0 aromatic heterocycles. The first kappa shape index (κ1) is 40.6. The second kappa shape index (κ2) is 22.9. The number of anilines is 2. The summed E-state index contributed by atoms with van der Waals surface area (Å²) in [4.78, 5) is 70.3. The van der Waals surface area contributed by atoms with Gasteiger partial charge in [-0.25, -0.2) is 0 Å². The summed E-state index contributed by atoms with van der Waals surface area (Å²) in [5.41, 5.74) is 0.895. The monoisotopic (exact) mass is 704 g/mol. The third-order valence-electron chi connectivity index (χ3n) is 6.91. The molecule has 0 spiro atoms. The Morgan fingerprint density at radius 1 is 0.440 bits per heavy atom. The van der Waals surface area contributed by atoms with Gasteiger partial charge >= 0.3 is 35.8 Å². The molecule has 0 aliphatic rings. The number of carboxylic acids is 4. The van der Waals surface area contributed by atoms with Gasteiger partial charge in [-0.3, -0.25) is 28.8 Å². The number of unbranched alkanes of at least 4 members (excludes halogenated alkanes) is 4. The Labute approximate surface area is 289 Å². The number of carboxylic acid groups (broad SMARTS) is 4. The van der Waals surface area contributed by atoms with E-state index in [2.05, 4.69) is 0 Å². The first-order chi connectivity index (χ1) is 23.9. The zero-order chi connectivity index (χ0) is 36.7. The minimum atomic E-state index is -1.14. The zero-order valence-corrected chi connectivity index (χ0v) is 27.7. The van der Waals surface area contributed by atoms with Gasteiger partial charge < -0.3 is 49.2 Å². The van der Waals surface area contributed by atoms with Gasteiger partial charge in [0.15, 0.2) is 0 Å². The van der Waals surface area contributed by atoms with E-state index in [1.54, 1.807) is 48.5 Å². The molecule has 0 saturated carbocycles. The number of hydrogen-bond donors (Lipinski definition) is 4. The number of carbonyl (C=O) groups excluding carboxylic acids is 2. The van der Waals surface area contributed by atoms with Crippen molar-refractivity contribution in [1.82, 2.24) is 0 Å². The molecule has 0 heterocycles. The van der Waals surface area contributed by atoms with Gasteiger partial charge in [-0.05, 0) is 87.1 Å². The summed E-state index contributed by atoms with van der Waals surface area (Å²) in [6.45, 7) is -1.04. The molecular weight excluding hydrogens is 660 g/mol. The molecule has 0 atom stereocenters. The molecule has 0 unspecified atom stereocenters. The van der Waals surface area contributed by atoms with Crippen LogP contribution in [0, 0.1) is 0 Å². The Morgan fingerprint density at radius 2 is 0.760 bits per heavy atom. The SMILES string of the molecule is O=C(O)CN(CC(=O)O)c1ccc(OCCCCCC(=O)OCCOC(=O)CCCCCOc2ccc(N(CC(=O)O)CC(=O)O)cc2)cc1. The van der Waals surface area contributed by atoms with E-state index in [1.165, 1.54) is 9.80 Å². The van der Waals surface area contributed by atoms with Crippen LogP contribution in [-0.2, 0) is 38.2 Å². The maximum atomic E-state index is 11.9. The molecule has 2 aromatic rings. The van der Waals surface area contributed by atoms with Crippen molar-refractivity contribution in [1.29, 1.82) is 0 Å². The average molecular weight is 705 g/mol. The number of esters is 2. The first-order valence-corrected chi connectivity index (χ1v) is 16.1. The highest BCUT2D eigenvalue weighted by Crippen LogP contribution is 2.21. The van der Waals surface area contributed by atoms with Gasteiger partial charge in [0, 0.05) is 24.2 Å². The lowest BCUT2D eigenvalue weighted by Gasteiger charge is -2.20. The molecule has 0 amide bonds. The van der Waals surface area contributed by atoms with Crippen LogP contribution in [0.1, 0.15) is 51.4 Å². The predicted molar refractivity (Wildman–Crippen MR) is 178 cm³/mol. The predicted octanol–water partition coefficient (Wildman–Crippen LogP) is 3.30. The highest BCUT2D eigenvalue weighted by Gasteiger charge is 2.15. The van der Waals surface area contributed by atoms with Crippen LogP contribution in [0.25, 0.3) is 0 Å². The standard InChI is InChI=1S/C34H44N2O14/c37-29(38)21-35(22-30(39)40)25-9-13-27(14-10-25)47-17-5-1-3-7-33(45)49-19-20-50-34(46)8-4-2-6-18-48-28-15-11-26(12-16-28)36(23-31(41)42)24-32(43)44/h9-16H,1-8,17-24H2,(H,37,38)(H,39,40)(H,41,42)(H,43,44). The van der Waals surface area contributed by atoms with Gasteiger partial charge in [-0.15, -0.1) is 0 Å². The van der Waals surface area contributed by atoms with Crippen molar-refractivity contribution in [3.63, 3.8) is 0 Å². The van der Waals surface area contributed by atoms with Gasteiger partial charge in [0.2, 0.25) is 0 Å². The van der Waals surface area contributed by atoms with Crippen LogP contribution in [0.2, 0.25) is 0 Å². The van der Waals surface area contributed by atoms with Crippen LogP contribution in [0.5, 0.6) is 11.5 Å². The lowest BCUT2D eigenvalue weighted by Crippen LogP contribution is -2.34. The summed E-state index contributed by atoms with van der Waals surface area (Å²) in [5.74, 6) is -4.25. The van der Waals surface area contributed by atoms with E-state index >= 15 is 0 Å². The number of rotatable bonds is 27. The normalized spacial score (nSPS) is 10.5. The fourth-order valence-corrected chi connectivity index (χ4v) is 4.57. The molecule has 4 N–H and O–H groups in total. The molecule has 0 bridgehead atoms. The molecule has 274 valence electrons. The van der Waals surface area contributed by atoms with Crippen molar-refractivity contribution in [3.05, 3.63) is 48.5 Å². The molecule has 2 aromatic carbocycles. The van der Waals surface area contributed by atoms with E-state index in [1.807, 2.05) is 0 Å². The molecule has 0 aliphatic carbocycles. The third kappa shape index (κ3) is 18.1. The van der Waals surface area contributed by atoms with Gasteiger partial charge in [0.1, 0.15) is 50.9 Å². The fraction of sp³-hybridized carbons (Fsp3) is 0.471. The van der Waals surface area contributed by atoms with Crippen molar-refractivity contribution >= 4 is 47.2 Å². The first-order valence-electron chi connectivity index (χ1n) is 16.1. The lowest BCUT2D eigenvalue weighted by atomic mass is 10.2. The largest absolute Gasteiger partial charge is 0.494 e. The van der Waals surface area contributed by atoms with Gasteiger partial charge in [0.05, 0.1) is 13.2 Å². The Morgan fingerprint density at radius 3 is 1.06 bits per heavy atom. The Hall–Kier alpha value is -5.54. The quantitative estimate of drug-likeness (QED) is 0.0773. The summed E-state index contributed by atoms with van der Waals surface area (Å²) >= 11 is 0. The number of carbonyl (C=O) groups is 6. The minimum Gasteiger partial charge on any atom is -0.494 e. The number of nitrogens with zero attached hydrogens (tertiary/aromatic N) is 2. The van der Waals surface area contributed by atoms with Crippen molar-refractivity contribution in [3.8, 4) is 11.5 Å². The van der Waals surface area contributed by atoms with Gasteiger partial charge in [-0.1, -0.05) is 0 Å². The van der Waals surface area contributed by atoms with Crippen LogP contribution in [0.15, 0.2) is 48.5 Å². The van der Waals surface area contributed by atoms with E-state index in [0.29, 0.717) is 74.6 Å². The van der Waals surface area contributed by atoms with E-state index in [0.717, 1.165) is 0 Å². The van der Waals surface area contributed by atoms with E-state index in [4.69, 9.17) is 39.4 Å². The number of ether oxygens (including phenoxy) is 4. The Kier molecular flexibility index (Phi) is 18.6. The van der Waals surface area contributed by atoms with Crippen molar-refractivity contribution in [2.45, 2.75) is 51.4 Å². The number of benzene rings is 2. The highest BCUT2D eigenvalue weighted by molar-refractivity contribution is 5.80. The molecule has 0 fully saturated rings. The molecular formula is C34H44N2O14. The average Bonchev–Trinajstić information content (AvgIpc) is 3.05. The van der Waals surface area contributed by atoms with Crippen LogP contribution >= 0.6 is 0 Å². The summed E-state index contributed by atoms with van der Waals surface area (Å²) in [7, 11) is 0. The second-order valence-electron chi connectivity index (χ2n) is 11.0. The number of hydrogen-bond acceptors (Lipinski definition) is 12. The topological polar surface area (TPSA) is 227 Å². The number of aliphatic carboxylic acids is 4. The fourth-order valence-electron chi connectivity index (χ4n) is 4.57. The molecule has 50 heavy (non-hydrogen) atoms. The van der Waals surface area contributed by atoms with Crippen molar-refractivity contribution in [2.75, 3.05) is 62.4 Å². The minimum absolute atomic E-state index is 0.0307. The molecule has 0 aliphatic heterocycles. The zero-order valence-electron chi connectivity index (χ0n) is 27.7. The van der Waals surface area contributed by atoms with Crippen LogP contribution < -0.4 is 19.3 Å². The summed E-state index contributed by atoms with van der Waals surface area (Å²) in [5, 5.41) is 36.0. The summed E-state index contributed by atoms with van der Waals surface area (Å²) in [6.07, 6.45) is 4.40. The summed E-state index contributed by atoms with van der Waals surface area (Å²) in [6, 6.07) is 12.9. The molecule has 0 saturated heterocycles. The van der Waals surface area contributed by atoms with Crippen LogP contribution in [0.4, 0.5) is 11.4 Å². The second-order valence-corrected chi connectivity index (χ2v) is 11.0. The van der Waals surface area contributed by atoms with Gasteiger partial charge in [-0.2, -0.15) is 0 Å². The molecule has 2 rings (SSSR count). The van der Waals surface area contributed by atoms with Gasteiger partial charge in [0.25, 0.3) is 0 Å². The lowest BCUT2D eigenvalue weighted by molar-refractivity contribution is -0.152. The molecule has 16 heteroatoms. The van der Waals surface area contributed by atoms with Crippen molar-refractivity contribution < 1.29 is 68.1 Å². The Balaban J connectivity index is 1.47. The van der Waals surface area contributed by atoms with Crippen LogP contribution in [-0.4, -0.2) is 109 Å².